The SMILES string of the molecule is NC(=O)c1ccsc1NC(=O)CSc1n[nH]c(C2CC2)n1. The molecule has 21 heavy (non-hydrogen) atoms. The van der Waals surface area contributed by atoms with Crippen molar-refractivity contribution in [2.24, 2.45) is 5.73 Å². The zero-order valence-electron chi connectivity index (χ0n) is 11.0. The Morgan fingerprint density at radius 1 is 1.52 bits per heavy atom. The van der Waals surface area contributed by atoms with Crippen LogP contribution in [0, 0.1) is 0 Å². The molecule has 110 valence electrons. The van der Waals surface area contributed by atoms with Crippen LogP contribution in [-0.2, 0) is 4.79 Å². The Kier molecular flexibility index (Phi) is 3.93. The molecule has 0 unspecified atom stereocenters. The highest BCUT2D eigenvalue weighted by Crippen LogP contribution is 2.38. The van der Waals surface area contributed by atoms with Crippen LogP contribution in [0.5, 0.6) is 0 Å². The van der Waals surface area contributed by atoms with Crippen molar-refractivity contribution in [2.45, 2.75) is 23.9 Å². The van der Waals surface area contributed by atoms with Crippen LogP contribution in [0.15, 0.2) is 16.6 Å². The van der Waals surface area contributed by atoms with Crippen molar-refractivity contribution in [2.75, 3.05) is 11.1 Å². The minimum Gasteiger partial charge on any atom is -0.366 e. The summed E-state index contributed by atoms with van der Waals surface area (Å²) in [6.07, 6.45) is 2.29. The van der Waals surface area contributed by atoms with Crippen LogP contribution in [0.1, 0.15) is 34.9 Å². The second kappa shape index (κ2) is 5.86. The minimum atomic E-state index is -0.553. The zero-order valence-corrected chi connectivity index (χ0v) is 12.6. The lowest BCUT2D eigenvalue weighted by Crippen LogP contribution is -2.17. The number of aromatic amines is 1. The average molecular weight is 323 g/mol. The number of aromatic nitrogens is 3. The first kappa shape index (κ1) is 14.1. The second-order valence-corrected chi connectivity index (χ2v) is 6.50. The van der Waals surface area contributed by atoms with Gasteiger partial charge in [0.15, 0.2) is 0 Å². The van der Waals surface area contributed by atoms with Gasteiger partial charge in [0.1, 0.15) is 10.8 Å². The lowest BCUT2D eigenvalue weighted by Gasteiger charge is -2.02. The fourth-order valence-corrected chi connectivity index (χ4v) is 3.17. The monoisotopic (exact) mass is 323 g/mol. The quantitative estimate of drug-likeness (QED) is 0.698. The number of thiophene rings is 1. The standard InChI is InChI=1S/C12H13N5O2S2/c13-9(19)7-3-4-20-11(7)14-8(18)5-21-12-15-10(16-17-12)6-1-2-6/h3-4,6H,1-2,5H2,(H2,13,19)(H,14,18)(H,15,16,17). The first-order valence-electron chi connectivity index (χ1n) is 6.35. The smallest absolute Gasteiger partial charge is 0.251 e. The van der Waals surface area contributed by atoms with Crippen molar-refractivity contribution in [3.8, 4) is 0 Å². The summed E-state index contributed by atoms with van der Waals surface area (Å²) in [5.41, 5.74) is 5.55. The summed E-state index contributed by atoms with van der Waals surface area (Å²) in [7, 11) is 0. The number of hydrogen-bond acceptors (Lipinski definition) is 6. The van der Waals surface area contributed by atoms with Gasteiger partial charge >= 0.3 is 0 Å². The molecule has 1 fully saturated rings. The van der Waals surface area contributed by atoms with E-state index in [1.807, 2.05) is 0 Å². The first-order chi connectivity index (χ1) is 10.1. The number of primary amides is 1. The molecule has 3 rings (SSSR count). The van der Waals surface area contributed by atoms with E-state index in [0.29, 0.717) is 21.6 Å². The highest BCUT2D eigenvalue weighted by atomic mass is 32.2. The van der Waals surface area contributed by atoms with Crippen LogP contribution in [-0.4, -0.2) is 32.7 Å². The lowest BCUT2D eigenvalue weighted by molar-refractivity contribution is -0.113. The van der Waals surface area contributed by atoms with Crippen molar-refractivity contribution in [3.05, 3.63) is 22.8 Å². The van der Waals surface area contributed by atoms with Crippen molar-refractivity contribution in [1.82, 2.24) is 15.2 Å². The summed E-state index contributed by atoms with van der Waals surface area (Å²) >= 11 is 2.52. The molecular formula is C12H13N5O2S2. The van der Waals surface area contributed by atoms with Gasteiger partial charge in [0.2, 0.25) is 11.1 Å². The van der Waals surface area contributed by atoms with E-state index >= 15 is 0 Å². The van der Waals surface area contributed by atoms with E-state index in [4.69, 9.17) is 5.73 Å². The van der Waals surface area contributed by atoms with E-state index in [9.17, 15) is 9.59 Å². The molecule has 1 aliphatic carbocycles. The molecule has 2 amide bonds. The van der Waals surface area contributed by atoms with E-state index in [1.54, 1.807) is 11.4 Å². The predicted octanol–water partition coefficient (Wildman–Crippen LogP) is 1.57. The Hall–Kier alpha value is -1.87. The summed E-state index contributed by atoms with van der Waals surface area (Å²) in [5.74, 6) is 0.806. The minimum absolute atomic E-state index is 0.179. The van der Waals surface area contributed by atoms with Gasteiger partial charge in [0, 0.05) is 5.92 Å². The Labute approximate surface area is 128 Å². The average Bonchev–Trinajstić information content (AvgIpc) is 3.00. The van der Waals surface area contributed by atoms with Crippen LogP contribution in [0.4, 0.5) is 5.00 Å². The molecule has 2 aromatic heterocycles. The summed E-state index contributed by atoms with van der Waals surface area (Å²) < 4.78 is 0. The number of nitrogens with two attached hydrogens (primary N) is 1. The number of nitrogens with one attached hydrogen (secondary N) is 2. The van der Waals surface area contributed by atoms with Gasteiger partial charge in [0.25, 0.3) is 5.91 Å². The summed E-state index contributed by atoms with van der Waals surface area (Å²) in [5, 5.41) is 12.4. The fraction of sp³-hybridized carbons (Fsp3) is 0.333. The molecule has 0 spiro atoms. The fourth-order valence-electron chi connectivity index (χ4n) is 1.75. The molecule has 2 aromatic rings. The van der Waals surface area contributed by atoms with Crippen LogP contribution in [0.25, 0.3) is 0 Å². The van der Waals surface area contributed by atoms with Crippen molar-refractivity contribution >= 4 is 39.9 Å². The molecule has 0 bridgehead atoms. The number of carbonyl (C=O) groups is 2. The highest BCUT2D eigenvalue weighted by Gasteiger charge is 2.27. The van der Waals surface area contributed by atoms with Gasteiger partial charge in [-0.1, -0.05) is 11.8 Å². The van der Waals surface area contributed by atoms with E-state index in [-0.39, 0.29) is 11.7 Å². The third kappa shape index (κ3) is 3.42. The number of thioether (sulfide) groups is 1. The predicted molar refractivity (Wildman–Crippen MR) is 80.5 cm³/mol. The van der Waals surface area contributed by atoms with Gasteiger partial charge in [-0.05, 0) is 24.3 Å². The molecule has 2 heterocycles. The number of carbonyl (C=O) groups excluding carboxylic acids is 2. The third-order valence-electron chi connectivity index (χ3n) is 2.96. The van der Waals surface area contributed by atoms with Gasteiger partial charge in [-0.3, -0.25) is 14.7 Å². The molecule has 0 atom stereocenters. The molecule has 0 radical (unpaired) electrons. The van der Waals surface area contributed by atoms with Crippen molar-refractivity contribution in [1.29, 1.82) is 0 Å². The zero-order chi connectivity index (χ0) is 14.8. The van der Waals surface area contributed by atoms with Gasteiger partial charge in [-0.2, -0.15) is 0 Å². The van der Waals surface area contributed by atoms with Crippen molar-refractivity contribution < 1.29 is 9.59 Å². The van der Waals surface area contributed by atoms with Gasteiger partial charge < -0.3 is 11.1 Å². The third-order valence-corrected chi connectivity index (χ3v) is 4.64. The summed E-state index contributed by atoms with van der Waals surface area (Å²) in [6.45, 7) is 0. The van der Waals surface area contributed by atoms with E-state index in [0.717, 1.165) is 18.7 Å². The molecule has 0 aromatic carbocycles. The van der Waals surface area contributed by atoms with E-state index < -0.39 is 5.91 Å². The largest absolute Gasteiger partial charge is 0.366 e. The first-order valence-corrected chi connectivity index (χ1v) is 8.22. The van der Waals surface area contributed by atoms with Crippen LogP contribution < -0.4 is 11.1 Å². The maximum absolute atomic E-state index is 11.9. The van der Waals surface area contributed by atoms with Gasteiger partial charge in [-0.25, -0.2) is 4.98 Å². The second-order valence-electron chi connectivity index (χ2n) is 4.64. The van der Waals surface area contributed by atoms with Crippen molar-refractivity contribution in [3.63, 3.8) is 0 Å². The molecule has 9 heteroatoms. The highest BCUT2D eigenvalue weighted by molar-refractivity contribution is 7.99. The molecule has 0 aliphatic heterocycles. The molecule has 7 nitrogen and oxygen atoms in total. The Morgan fingerprint density at radius 2 is 2.33 bits per heavy atom. The number of H-pyrrole nitrogens is 1. The number of nitrogens with zero attached hydrogens (tertiary/aromatic N) is 2. The maximum atomic E-state index is 11.9. The number of anilines is 1. The maximum Gasteiger partial charge on any atom is 0.251 e. The molecule has 1 aliphatic rings. The number of hydrogen-bond donors (Lipinski definition) is 3. The Morgan fingerprint density at radius 3 is 3.05 bits per heavy atom. The lowest BCUT2D eigenvalue weighted by atomic mass is 10.3. The van der Waals surface area contributed by atoms with E-state index in [1.165, 1.54) is 23.1 Å². The molecular weight excluding hydrogens is 310 g/mol. The Balaban J connectivity index is 1.53. The van der Waals surface area contributed by atoms with Crippen LogP contribution in [0.3, 0.4) is 0 Å². The normalized spacial score (nSPS) is 14.1. The Bertz CT molecular complexity index is 677. The van der Waals surface area contributed by atoms with E-state index in [2.05, 4.69) is 20.5 Å². The topological polar surface area (TPSA) is 114 Å². The number of amides is 2. The molecule has 4 N–H and O–H groups in total. The molecule has 1 saturated carbocycles. The van der Waals surface area contributed by atoms with Crippen LogP contribution >= 0.6 is 23.1 Å². The van der Waals surface area contributed by atoms with Gasteiger partial charge in [0.05, 0.1) is 11.3 Å². The molecule has 0 saturated heterocycles. The van der Waals surface area contributed by atoms with Gasteiger partial charge in [-0.15, -0.1) is 16.4 Å². The number of rotatable bonds is 6. The summed E-state index contributed by atoms with van der Waals surface area (Å²) in [6, 6.07) is 1.59. The van der Waals surface area contributed by atoms with Crippen LogP contribution in [0.2, 0.25) is 0 Å². The summed E-state index contributed by atoms with van der Waals surface area (Å²) in [4.78, 5) is 27.4.